The van der Waals surface area contributed by atoms with Crippen molar-refractivity contribution < 1.29 is 4.48 Å². The average molecular weight is 1220 g/mol. The first-order chi connectivity index (χ1) is 43.1. The van der Waals surface area contributed by atoms with Crippen LogP contribution in [0.15, 0.2) is 0 Å². The maximum absolute atomic E-state index is 2.50. The highest BCUT2D eigenvalue weighted by molar-refractivity contribution is 4.58. The molecule has 0 rings (SSSR count). The molecule has 0 aliphatic heterocycles. The van der Waals surface area contributed by atoms with Crippen LogP contribution in [0.2, 0.25) is 0 Å². The van der Waals surface area contributed by atoms with Crippen LogP contribution in [0.1, 0.15) is 528 Å². The van der Waals surface area contributed by atoms with Crippen molar-refractivity contribution in [1.29, 1.82) is 0 Å². The Hall–Kier alpha value is -0.0400. The Morgan fingerprint density at radius 2 is 0.172 bits per heavy atom. The molecular weight excluding hydrogens is 1050 g/mol. The first-order valence-electron chi connectivity index (χ1n) is 42.9. The Balaban J connectivity index is 3.20. The van der Waals surface area contributed by atoms with Gasteiger partial charge in [-0.3, -0.25) is 0 Å². The lowest BCUT2D eigenvalue weighted by Gasteiger charge is -2.30. The second kappa shape index (κ2) is 80.2. The lowest BCUT2D eigenvalue weighted by molar-refractivity contribution is -0.890. The molecule has 0 fully saturated rings. The van der Waals surface area contributed by atoms with Crippen LogP contribution in [-0.2, 0) is 0 Å². The lowest BCUT2D eigenvalue weighted by atomic mass is 10.0. The van der Waals surface area contributed by atoms with E-state index in [0.29, 0.717) is 0 Å². The van der Waals surface area contributed by atoms with Gasteiger partial charge in [-0.1, -0.05) is 502 Å². The molecule has 0 aliphatic carbocycles. The highest BCUT2D eigenvalue weighted by Gasteiger charge is 2.14. The Morgan fingerprint density at radius 1 is 0.103 bits per heavy atom. The third-order valence-corrected chi connectivity index (χ3v) is 21.2. The zero-order valence-electron chi connectivity index (χ0n) is 62.4. The summed E-state index contributed by atoms with van der Waals surface area (Å²) in [6.07, 6.45) is 119. The minimum atomic E-state index is 1.25. The average Bonchev–Trinajstić information content (AvgIpc) is 3.53. The minimum absolute atomic E-state index is 1.25. The van der Waals surface area contributed by atoms with Gasteiger partial charge in [0, 0.05) is 0 Å². The van der Waals surface area contributed by atoms with Crippen molar-refractivity contribution in [1.82, 2.24) is 0 Å². The molecule has 0 aliphatic rings. The van der Waals surface area contributed by atoms with E-state index < -0.39 is 0 Å². The first-order valence-corrected chi connectivity index (χ1v) is 42.9. The van der Waals surface area contributed by atoms with Gasteiger partial charge in [0.1, 0.15) is 0 Å². The van der Waals surface area contributed by atoms with Crippen LogP contribution in [0.4, 0.5) is 0 Å². The van der Waals surface area contributed by atoms with Crippen molar-refractivity contribution in [2.24, 2.45) is 0 Å². The normalized spacial score (nSPS) is 12.0. The molecule has 0 heterocycles. The molecule has 0 aromatic carbocycles. The fourth-order valence-electron chi connectivity index (χ4n) is 14.8. The van der Waals surface area contributed by atoms with E-state index >= 15 is 0 Å². The molecule has 0 aromatic heterocycles. The smallest absolute Gasteiger partial charge is 0.0782 e. The summed E-state index contributed by atoms with van der Waals surface area (Å²) >= 11 is 0. The zero-order chi connectivity index (χ0) is 62.5. The number of rotatable bonds is 82. The molecule has 0 saturated heterocycles. The monoisotopic (exact) mass is 1220 g/mol. The van der Waals surface area contributed by atoms with Crippen molar-refractivity contribution in [3.8, 4) is 0 Å². The summed E-state index contributed by atoms with van der Waals surface area (Å²) in [6.45, 7) is 7.41. The van der Waals surface area contributed by atoms with Gasteiger partial charge in [-0.05, 0) is 25.7 Å². The lowest BCUT2D eigenvalue weighted by Crippen LogP contribution is -2.41. The number of hydrogen-bond acceptors (Lipinski definition) is 0. The van der Waals surface area contributed by atoms with Crippen LogP contribution < -0.4 is 0 Å². The van der Waals surface area contributed by atoms with Crippen LogP contribution in [0.3, 0.4) is 0 Å². The van der Waals surface area contributed by atoms with Gasteiger partial charge in [-0.15, -0.1) is 0 Å². The zero-order valence-corrected chi connectivity index (χ0v) is 62.4. The van der Waals surface area contributed by atoms with Crippen LogP contribution in [0.25, 0.3) is 0 Å². The molecule has 0 spiro atoms. The third-order valence-electron chi connectivity index (χ3n) is 21.2. The molecule has 1 nitrogen and oxygen atoms in total. The van der Waals surface area contributed by atoms with Gasteiger partial charge in [0.05, 0.1) is 27.2 Å². The van der Waals surface area contributed by atoms with Crippen LogP contribution in [0, 0.1) is 0 Å². The van der Waals surface area contributed by atoms with Gasteiger partial charge in [0.15, 0.2) is 0 Å². The Morgan fingerprint density at radius 3 is 0.253 bits per heavy atom. The second-order valence-corrected chi connectivity index (χ2v) is 31.0. The SMILES string of the molecule is CCCCCCCCCCCCCCCCCCCCCCCCCCCCCCCCCCCCCCCCCC[N+](C)(C)CCCCCCCCCCCCCCCCCCCCCCCCCCCCCCCCCCCCCCCCCC. The molecule has 0 aromatic rings. The molecule has 0 saturated carbocycles. The van der Waals surface area contributed by atoms with Gasteiger partial charge in [-0.25, -0.2) is 0 Å². The second-order valence-electron chi connectivity index (χ2n) is 31.0. The predicted molar refractivity (Wildman–Crippen MR) is 403 cm³/mol. The molecule has 524 valence electrons. The Kier molecular flexibility index (Phi) is 80.2. The van der Waals surface area contributed by atoms with Crippen molar-refractivity contribution >= 4 is 0 Å². The predicted octanol–water partition coefficient (Wildman–Crippen LogP) is 32.3. The molecule has 0 bridgehead atoms. The molecule has 0 unspecified atom stereocenters. The van der Waals surface area contributed by atoms with Crippen LogP contribution in [0.5, 0.6) is 0 Å². The Bertz CT molecular complexity index is 1050. The van der Waals surface area contributed by atoms with Crippen molar-refractivity contribution in [3.63, 3.8) is 0 Å². The van der Waals surface area contributed by atoms with E-state index in [1.807, 2.05) is 0 Å². The molecule has 87 heavy (non-hydrogen) atoms. The van der Waals surface area contributed by atoms with Crippen molar-refractivity contribution in [2.45, 2.75) is 528 Å². The standard InChI is InChI=1S/C86H176N/c1-5-7-9-11-13-15-17-19-21-23-25-27-29-31-33-35-37-39-41-43-45-47-49-51-53-55-57-59-61-63-65-67-69-71-73-75-77-79-81-83-85-87(3,4)86-84-82-80-78-76-74-72-70-68-66-64-62-60-58-56-54-52-50-48-46-44-42-40-38-36-34-32-30-28-26-24-22-20-18-16-14-12-10-8-6-2/h5-86H2,1-4H3/q+1. The maximum atomic E-state index is 2.50. The molecule has 0 radical (unpaired) electrons. The summed E-state index contributed by atoms with van der Waals surface area (Å²) in [7, 11) is 4.99. The van der Waals surface area contributed by atoms with E-state index in [2.05, 4.69) is 27.9 Å². The molecule has 1 heteroatoms. The third kappa shape index (κ3) is 82.0. The highest BCUT2D eigenvalue weighted by Crippen LogP contribution is 2.22. The van der Waals surface area contributed by atoms with Crippen LogP contribution in [-0.4, -0.2) is 31.7 Å². The number of nitrogens with zero attached hydrogens (tertiary/aromatic N) is 1. The number of quaternary nitrogens is 1. The first kappa shape index (κ1) is 87.0. The van der Waals surface area contributed by atoms with Gasteiger partial charge in [0.25, 0.3) is 0 Å². The summed E-state index contributed by atoms with van der Waals surface area (Å²) in [5.74, 6) is 0. The quantitative estimate of drug-likeness (QED) is 0.0421. The molecule has 0 N–H and O–H groups in total. The van der Waals surface area contributed by atoms with E-state index in [1.54, 1.807) is 0 Å². The Labute approximate surface area is 556 Å². The van der Waals surface area contributed by atoms with Gasteiger partial charge in [-0.2, -0.15) is 0 Å². The van der Waals surface area contributed by atoms with E-state index in [9.17, 15) is 0 Å². The fourth-order valence-corrected chi connectivity index (χ4v) is 14.8. The molecular formula is C86H176N+. The van der Waals surface area contributed by atoms with Gasteiger partial charge >= 0.3 is 0 Å². The summed E-state index contributed by atoms with van der Waals surface area (Å²) in [4.78, 5) is 0. The van der Waals surface area contributed by atoms with Crippen molar-refractivity contribution in [2.75, 3.05) is 27.2 Å². The topological polar surface area (TPSA) is 0 Å². The maximum Gasteiger partial charge on any atom is 0.0782 e. The molecule has 0 atom stereocenters. The minimum Gasteiger partial charge on any atom is -0.328 e. The van der Waals surface area contributed by atoms with E-state index in [-0.39, 0.29) is 0 Å². The molecule has 0 amide bonds. The summed E-state index contributed by atoms with van der Waals surface area (Å²) in [5, 5.41) is 0. The van der Waals surface area contributed by atoms with Gasteiger partial charge < -0.3 is 4.48 Å². The van der Waals surface area contributed by atoms with Crippen LogP contribution >= 0.6 is 0 Å². The number of hydrogen-bond donors (Lipinski definition) is 0. The van der Waals surface area contributed by atoms with Crippen molar-refractivity contribution in [3.05, 3.63) is 0 Å². The summed E-state index contributed by atoms with van der Waals surface area (Å²) in [5.41, 5.74) is 0. The van der Waals surface area contributed by atoms with E-state index in [0.717, 1.165) is 0 Å². The highest BCUT2D eigenvalue weighted by atomic mass is 15.3. The largest absolute Gasteiger partial charge is 0.328 e. The van der Waals surface area contributed by atoms with E-state index in [4.69, 9.17) is 0 Å². The van der Waals surface area contributed by atoms with E-state index in [1.165, 1.54) is 531 Å². The number of unbranched alkanes of at least 4 members (excludes halogenated alkanes) is 78. The summed E-state index contributed by atoms with van der Waals surface area (Å²) < 4.78 is 1.25. The van der Waals surface area contributed by atoms with Gasteiger partial charge in [0.2, 0.25) is 0 Å². The summed E-state index contributed by atoms with van der Waals surface area (Å²) in [6, 6.07) is 0. The fraction of sp³-hybridized carbons (Fsp3) is 1.00.